The van der Waals surface area contributed by atoms with Gasteiger partial charge in [0.1, 0.15) is 12.4 Å². The highest BCUT2D eigenvalue weighted by molar-refractivity contribution is 6.35. The molecule has 0 atom stereocenters. The van der Waals surface area contributed by atoms with Crippen molar-refractivity contribution in [2.45, 2.75) is 19.2 Å². The van der Waals surface area contributed by atoms with Crippen LogP contribution in [0.3, 0.4) is 0 Å². The van der Waals surface area contributed by atoms with Crippen LogP contribution in [0.5, 0.6) is 5.75 Å². The van der Waals surface area contributed by atoms with Gasteiger partial charge in [0.05, 0.1) is 24.8 Å². The molecule has 1 rings (SSSR count). The Balaban J connectivity index is 2.39. The fraction of sp³-hybridized carbons (Fsp3) is 0.500. The summed E-state index contributed by atoms with van der Waals surface area (Å²) in [5.74, 6) is 0.273. The molecule has 0 radical (unpaired) electrons. The molecule has 0 amide bonds. The summed E-state index contributed by atoms with van der Waals surface area (Å²) in [6.45, 7) is -1.55. The number of hydrogen-bond donors (Lipinski definition) is 1. The highest BCUT2D eigenvalue weighted by Crippen LogP contribution is 2.32. The highest BCUT2D eigenvalue weighted by atomic mass is 35.5. The van der Waals surface area contributed by atoms with Gasteiger partial charge >= 0.3 is 6.18 Å². The zero-order valence-electron chi connectivity index (χ0n) is 10.3. The minimum Gasteiger partial charge on any atom is -0.492 e. The first-order chi connectivity index (χ1) is 9.33. The van der Waals surface area contributed by atoms with Crippen LogP contribution in [0.25, 0.3) is 0 Å². The number of aliphatic hydroxyl groups is 1. The van der Waals surface area contributed by atoms with Gasteiger partial charge in [0, 0.05) is 17.0 Å². The van der Waals surface area contributed by atoms with Crippen molar-refractivity contribution in [2.24, 2.45) is 0 Å². The molecule has 0 aromatic heterocycles. The van der Waals surface area contributed by atoms with Crippen LogP contribution in [0.1, 0.15) is 12.0 Å². The first kappa shape index (κ1) is 17.4. The predicted octanol–water partition coefficient (Wildman–Crippen LogP) is 3.83. The number of aliphatic hydroxyl groups excluding tert-OH is 1. The summed E-state index contributed by atoms with van der Waals surface area (Å²) in [6, 6.07) is 2.96. The smallest absolute Gasteiger partial charge is 0.411 e. The highest BCUT2D eigenvalue weighted by Gasteiger charge is 2.27. The molecule has 114 valence electrons. The number of ether oxygens (including phenoxy) is 2. The molecule has 1 aromatic rings. The van der Waals surface area contributed by atoms with E-state index < -0.39 is 12.8 Å². The molecule has 1 N–H and O–H groups in total. The van der Waals surface area contributed by atoms with E-state index in [1.807, 2.05) is 0 Å². The molecule has 20 heavy (non-hydrogen) atoms. The van der Waals surface area contributed by atoms with Crippen LogP contribution in [0, 0.1) is 0 Å². The maximum absolute atomic E-state index is 11.8. The maximum atomic E-state index is 11.8. The van der Waals surface area contributed by atoms with Crippen LogP contribution in [-0.2, 0) is 11.3 Å². The Morgan fingerprint density at radius 1 is 1.15 bits per heavy atom. The first-order valence-electron chi connectivity index (χ1n) is 5.69. The summed E-state index contributed by atoms with van der Waals surface area (Å²) in [6.07, 6.45) is -4.07. The SMILES string of the molecule is OCc1cc(Cl)cc(Cl)c1OCCCOCC(F)(F)F. The first-order valence-corrected chi connectivity index (χ1v) is 6.45. The second-order valence-corrected chi connectivity index (χ2v) is 4.75. The van der Waals surface area contributed by atoms with E-state index in [1.165, 1.54) is 12.1 Å². The minimum atomic E-state index is -4.33. The third-order valence-corrected chi connectivity index (χ3v) is 2.70. The van der Waals surface area contributed by atoms with Gasteiger partial charge in [-0.3, -0.25) is 0 Å². The second-order valence-electron chi connectivity index (χ2n) is 3.90. The lowest BCUT2D eigenvalue weighted by atomic mass is 10.2. The van der Waals surface area contributed by atoms with E-state index in [9.17, 15) is 13.2 Å². The van der Waals surface area contributed by atoms with E-state index in [0.29, 0.717) is 10.6 Å². The zero-order chi connectivity index (χ0) is 15.2. The van der Waals surface area contributed by atoms with E-state index in [-0.39, 0.29) is 37.0 Å². The monoisotopic (exact) mass is 332 g/mol. The molecule has 3 nitrogen and oxygen atoms in total. The van der Waals surface area contributed by atoms with Crippen LogP contribution in [-0.4, -0.2) is 31.1 Å². The molecule has 0 spiro atoms. The van der Waals surface area contributed by atoms with E-state index in [1.54, 1.807) is 0 Å². The van der Waals surface area contributed by atoms with E-state index in [2.05, 4.69) is 4.74 Å². The summed E-state index contributed by atoms with van der Waals surface area (Å²) in [5.41, 5.74) is 0.415. The number of benzene rings is 1. The van der Waals surface area contributed by atoms with Crippen molar-refractivity contribution in [1.82, 2.24) is 0 Å². The average Bonchev–Trinajstić information content (AvgIpc) is 2.33. The van der Waals surface area contributed by atoms with Gasteiger partial charge in [-0.25, -0.2) is 0 Å². The van der Waals surface area contributed by atoms with Crippen molar-refractivity contribution in [2.75, 3.05) is 19.8 Å². The molecule has 1 aromatic carbocycles. The molecule has 0 heterocycles. The minimum absolute atomic E-state index is 0.0841. The topological polar surface area (TPSA) is 38.7 Å². The number of rotatable bonds is 7. The fourth-order valence-electron chi connectivity index (χ4n) is 1.42. The van der Waals surface area contributed by atoms with Crippen LogP contribution >= 0.6 is 23.2 Å². The van der Waals surface area contributed by atoms with Gasteiger partial charge in [0.2, 0.25) is 0 Å². The Labute approximate surface area is 124 Å². The van der Waals surface area contributed by atoms with Gasteiger partial charge in [-0.05, 0) is 12.1 Å². The summed E-state index contributed by atoms with van der Waals surface area (Å²) in [4.78, 5) is 0. The normalized spacial score (nSPS) is 11.7. The summed E-state index contributed by atoms with van der Waals surface area (Å²) >= 11 is 11.7. The molecule has 0 aliphatic rings. The quantitative estimate of drug-likeness (QED) is 0.771. The maximum Gasteiger partial charge on any atom is 0.411 e. The van der Waals surface area contributed by atoms with Gasteiger partial charge in [-0.1, -0.05) is 23.2 Å². The summed E-state index contributed by atoms with van der Waals surface area (Å²) in [5, 5.41) is 9.75. The fourth-order valence-corrected chi connectivity index (χ4v) is 2.01. The molecule has 0 saturated heterocycles. The standard InChI is InChI=1S/C12H13Cl2F3O3/c13-9-4-8(6-18)11(10(14)5-9)20-3-1-2-19-7-12(15,16)17/h4-5,18H,1-3,6-7H2. The van der Waals surface area contributed by atoms with Crippen molar-refractivity contribution in [3.63, 3.8) is 0 Å². The molecular formula is C12H13Cl2F3O3. The molecule has 0 aliphatic carbocycles. The Bertz CT molecular complexity index is 439. The Morgan fingerprint density at radius 3 is 2.45 bits per heavy atom. The Morgan fingerprint density at radius 2 is 1.85 bits per heavy atom. The molecule has 0 saturated carbocycles. The number of alkyl halides is 3. The molecule has 0 aliphatic heterocycles. The molecule has 0 fully saturated rings. The largest absolute Gasteiger partial charge is 0.492 e. The van der Waals surface area contributed by atoms with Gasteiger partial charge in [0.25, 0.3) is 0 Å². The van der Waals surface area contributed by atoms with Gasteiger partial charge in [-0.15, -0.1) is 0 Å². The zero-order valence-corrected chi connectivity index (χ0v) is 11.9. The third-order valence-electron chi connectivity index (χ3n) is 2.20. The number of halogens is 5. The van der Waals surface area contributed by atoms with Gasteiger partial charge < -0.3 is 14.6 Å². The summed E-state index contributed by atoms with van der Waals surface area (Å²) in [7, 11) is 0. The Kier molecular flexibility index (Phi) is 6.88. The van der Waals surface area contributed by atoms with Crippen molar-refractivity contribution in [1.29, 1.82) is 0 Å². The molecule has 0 bridgehead atoms. The van der Waals surface area contributed by atoms with Crippen molar-refractivity contribution in [3.8, 4) is 5.75 Å². The van der Waals surface area contributed by atoms with Crippen molar-refractivity contribution < 1.29 is 27.8 Å². The molecule has 0 unspecified atom stereocenters. The van der Waals surface area contributed by atoms with Crippen molar-refractivity contribution >= 4 is 23.2 Å². The van der Waals surface area contributed by atoms with Crippen LogP contribution in [0.15, 0.2) is 12.1 Å². The van der Waals surface area contributed by atoms with Crippen molar-refractivity contribution in [3.05, 3.63) is 27.7 Å². The second kappa shape index (κ2) is 7.93. The lowest BCUT2D eigenvalue weighted by Crippen LogP contribution is -2.18. The Hall–Kier alpha value is -0.690. The van der Waals surface area contributed by atoms with Gasteiger partial charge in [-0.2, -0.15) is 13.2 Å². The van der Waals surface area contributed by atoms with E-state index >= 15 is 0 Å². The predicted molar refractivity (Wildman–Crippen MR) is 69.4 cm³/mol. The average molecular weight is 333 g/mol. The van der Waals surface area contributed by atoms with Crippen LogP contribution in [0.2, 0.25) is 10.0 Å². The lowest BCUT2D eigenvalue weighted by molar-refractivity contribution is -0.174. The van der Waals surface area contributed by atoms with E-state index in [4.69, 9.17) is 33.0 Å². The lowest BCUT2D eigenvalue weighted by Gasteiger charge is -2.13. The van der Waals surface area contributed by atoms with E-state index in [0.717, 1.165) is 0 Å². The number of hydrogen-bond acceptors (Lipinski definition) is 3. The molecular weight excluding hydrogens is 320 g/mol. The van der Waals surface area contributed by atoms with Gasteiger partial charge in [0.15, 0.2) is 0 Å². The molecule has 8 heteroatoms. The van der Waals surface area contributed by atoms with Crippen LogP contribution < -0.4 is 4.74 Å². The third kappa shape index (κ3) is 6.17. The summed E-state index contributed by atoms with van der Waals surface area (Å²) < 4.78 is 45.2. The van der Waals surface area contributed by atoms with Crippen LogP contribution in [0.4, 0.5) is 13.2 Å².